The fourth-order valence-corrected chi connectivity index (χ4v) is 1.73. The number of carbonyl (C=O) groups excluding carboxylic acids is 1. The second kappa shape index (κ2) is 6.39. The lowest BCUT2D eigenvalue weighted by atomic mass is 10.2. The minimum absolute atomic E-state index is 0.261. The molecule has 0 aliphatic rings. The number of methoxy groups -OCH3 is 1. The maximum Gasteiger partial charge on any atom is 0.324 e. The third kappa shape index (κ3) is 3.30. The summed E-state index contributed by atoms with van der Waals surface area (Å²) in [6, 6.07) is 1.74. The predicted octanol–water partition coefficient (Wildman–Crippen LogP) is 0.769. The lowest BCUT2D eigenvalue weighted by molar-refractivity contribution is -0.143. The van der Waals surface area contributed by atoms with Gasteiger partial charge in [-0.2, -0.15) is 5.10 Å². The third-order valence-corrected chi connectivity index (χ3v) is 2.83. The molecular formula is C12H21N3O2. The van der Waals surface area contributed by atoms with E-state index in [0.29, 0.717) is 6.54 Å². The maximum atomic E-state index is 11.5. The van der Waals surface area contributed by atoms with Gasteiger partial charge in [-0.3, -0.25) is 9.48 Å². The largest absolute Gasteiger partial charge is 0.468 e. The van der Waals surface area contributed by atoms with Crippen LogP contribution in [0.1, 0.15) is 25.2 Å². The molecule has 1 aromatic rings. The molecule has 1 aromatic heterocycles. The Morgan fingerprint density at radius 1 is 1.53 bits per heavy atom. The van der Waals surface area contributed by atoms with Crippen molar-refractivity contribution in [3.05, 3.63) is 17.5 Å². The van der Waals surface area contributed by atoms with Gasteiger partial charge in [-0.05, 0) is 26.0 Å². The van der Waals surface area contributed by atoms with Gasteiger partial charge in [-0.25, -0.2) is 0 Å². The van der Waals surface area contributed by atoms with E-state index < -0.39 is 0 Å². The zero-order valence-corrected chi connectivity index (χ0v) is 11.0. The van der Waals surface area contributed by atoms with Crippen LogP contribution >= 0.6 is 0 Å². The van der Waals surface area contributed by atoms with Crippen molar-refractivity contribution in [2.75, 3.05) is 14.2 Å². The Bertz CT molecular complexity index is 374. The minimum atomic E-state index is -0.352. The molecule has 0 saturated carbocycles. The standard InChI is InChI=1S/C12H21N3O2/c1-5-9-7-10(6-2)15(14-9)8-11(13-3)12(16)17-4/h7,11,13H,5-6,8H2,1-4H3. The van der Waals surface area contributed by atoms with Gasteiger partial charge in [0.2, 0.25) is 0 Å². The highest BCUT2D eigenvalue weighted by molar-refractivity contribution is 5.75. The van der Waals surface area contributed by atoms with E-state index in [0.717, 1.165) is 24.2 Å². The number of nitrogens with zero attached hydrogens (tertiary/aromatic N) is 2. The van der Waals surface area contributed by atoms with Crippen molar-refractivity contribution in [2.24, 2.45) is 0 Å². The molecule has 1 N–H and O–H groups in total. The molecule has 1 heterocycles. The van der Waals surface area contributed by atoms with Gasteiger partial charge in [-0.1, -0.05) is 13.8 Å². The molecule has 1 unspecified atom stereocenters. The average Bonchev–Trinajstić information content (AvgIpc) is 2.77. The van der Waals surface area contributed by atoms with Crippen molar-refractivity contribution in [2.45, 2.75) is 39.3 Å². The molecule has 1 rings (SSSR count). The van der Waals surface area contributed by atoms with Crippen LogP contribution in [-0.4, -0.2) is 35.9 Å². The van der Waals surface area contributed by atoms with E-state index in [1.165, 1.54) is 7.11 Å². The third-order valence-electron chi connectivity index (χ3n) is 2.83. The first-order chi connectivity index (χ1) is 8.15. The quantitative estimate of drug-likeness (QED) is 0.745. The van der Waals surface area contributed by atoms with Crippen molar-refractivity contribution < 1.29 is 9.53 Å². The number of carbonyl (C=O) groups is 1. The number of hydrogen-bond acceptors (Lipinski definition) is 4. The Morgan fingerprint density at radius 3 is 2.71 bits per heavy atom. The van der Waals surface area contributed by atoms with Gasteiger partial charge in [-0.15, -0.1) is 0 Å². The van der Waals surface area contributed by atoms with Crippen LogP contribution in [0.2, 0.25) is 0 Å². The summed E-state index contributed by atoms with van der Waals surface area (Å²) in [5.41, 5.74) is 2.20. The fourth-order valence-electron chi connectivity index (χ4n) is 1.73. The average molecular weight is 239 g/mol. The van der Waals surface area contributed by atoms with Gasteiger partial charge in [0.05, 0.1) is 19.3 Å². The van der Waals surface area contributed by atoms with Crippen molar-refractivity contribution >= 4 is 5.97 Å². The van der Waals surface area contributed by atoms with E-state index in [9.17, 15) is 4.79 Å². The highest BCUT2D eigenvalue weighted by Gasteiger charge is 2.19. The van der Waals surface area contributed by atoms with E-state index in [-0.39, 0.29) is 12.0 Å². The lowest BCUT2D eigenvalue weighted by Crippen LogP contribution is -2.39. The molecule has 0 saturated heterocycles. The number of rotatable bonds is 6. The molecule has 96 valence electrons. The summed E-state index contributed by atoms with van der Waals surface area (Å²) in [5, 5.41) is 7.42. The topological polar surface area (TPSA) is 56.2 Å². The van der Waals surface area contributed by atoms with Crippen LogP contribution in [0.5, 0.6) is 0 Å². The molecule has 0 aliphatic carbocycles. The first kappa shape index (κ1) is 13.7. The molecule has 17 heavy (non-hydrogen) atoms. The number of likely N-dealkylation sites (N-methyl/N-ethyl adjacent to an activating group) is 1. The molecule has 5 nitrogen and oxygen atoms in total. The van der Waals surface area contributed by atoms with E-state index in [1.54, 1.807) is 7.05 Å². The number of hydrogen-bond donors (Lipinski definition) is 1. The van der Waals surface area contributed by atoms with Crippen LogP contribution in [0, 0.1) is 0 Å². The van der Waals surface area contributed by atoms with E-state index in [2.05, 4.69) is 30.3 Å². The van der Waals surface area contributed by atoms with E-state index in [4.69, 9.17) is 4.74 Å². The van der Waals surface area contributed by atoms with Gasteiger partial charge >= 0.3 is 5.97 Å². The first-order valence-electron chi connectivity index (χ1n) is 5.96. The zero-order valence-electron chi connectivity index (χ0n) is 11.0. The zero-order chi connectivity index (χ0) is 12.8. The summed E-state index contributed by atoms with van der Waals surface area (Å²) in [5.74, 6) is -0.261. The van der Waals surface area contributed by atoms with Crippen molar-refractivity contribution in [3.63, 3.8) is 0 Å². The molecular weight excluding hydrogens is 218 g/mol. The fraction of sp³-hybridized carbons (Fsp3) is 0.667. The summed E-state index contributed by atoms with van der Waals surface area (Å²) >= 11 is 0. The van der Waals surface area contributed by atoms with Gasteiger partial charge in [0.25, 0.3) is 0 Å². The molecule has 0 bridgehead atoms. The molecule has 0 aliphatic heterocycles. The Morgan fingerprint density at radius 2 is 2.24 bits per heavy atom. The van der Waals surface area contributed by atoms with Crippen LogP contribution < -0.4 is 5.32 Å². The summed E-state index contributed by atoms with van der Waals surface area (Å²) < 4.78 is 6.63. The number of esters is 1. The van der Waals surface area contributed by atoms with Gasteiger partial charge < -0.3 is 10.1 Å². The van der Waals surface area contributed by atoms with Gasteiger partial charge in [0, 0.05) is 5.69 Å². The van der Waals surface area contributed by atoms with E-state index in [1.807, 2.05) is 4.68 Å². The number of aromatic nitrogens is 2. The van der Waals surface area contributed by atoms with Crippen molar-refractivity contribution in [3.8, 4) is 0 Å². The summed E-state index contributed by atoms with van der Waals surface area (Å²) in [7, 11) is 3.14. The van der Waals surface area contributed by atoms with Gasteiger partial charge in [0.1, 0.15) is 6.04 Å². The maximum absolute atomic E-state index is 11.5. The summed E-state index contributed by atoms with van der Waals surface area (Å²) in [4.78, 5) is 11.5. The molecule has 1 atom stereocenters. The second-order valence-electron chi connectivity index (χ2n) is 3.88. The Balaban J connectivity index is 2.84. The number of ether oxygens (including phenoxy) is 1. The Hall–Kier alpha value is -1.36. The SMILES string of the molecule is CCc1cc(CC)n(CC(NC)C(=O)OC)n1. The van der Waals surface area contributed by atoms with Crippen LogP contribution in [0.3, 0.4) is 0 Å². The monoisotopic (exact) mass is 239 g/mol. The highest BCUT2D eigenvalue weighted by Crippen LogP contribution is 2.07. The van der Waals surface area contributed by atoms with Gasteiger partial charge in [0.15, 0.2) is 0 Å². The number of nitrogens with one attached hydrogen (secondary N) is 1. The Labute approximate surface area is 102 Å². The number of aryl methyl sites for hydroxylation is 2. The normalized spacial score (nSPS) is 12.5. The van der Waals surface area contributed by atoms with Crippen LogP contribution in [0.15, 0.2) is 6.07 Å². The second-order valence-corrected chi connectivity index (χ2v) is 3.88. The Kier molecular flexibility index (Phi) is 5.15. The molecule has 0 aromatic carbocycles. The van der Waals surface area contributed by atoms with Crippen molar-refractivity contribution in [1.82, 2.24) is 15.1 Å². The molecule has 0 radical (unpaired) electrons. The van der Waals surface area contributed by atoms with Crippen LogP contribution in [0.4, 0.5) is 0 Å². The molecule has 0 amide bonds. The van der Waals surface area contributed by atoms with Crippen molar-refractivity contribution in [1.29, 1.82) is 0 Å². The predicted molar refractivity (Wildman–Crippen MR) is 65.8 cm³/mol. The van der Waals surface area contributed by atoms with E-state index >= 15 is 0 Å². The molecule has 0 spiro atoms. The van der Waals surface area contributed by atoms with Crippen LogP contribution in [-0.2, 0) is 28.9 Å². The highest BCUT2D eigenvalue weighted by atomic mass is 16.5. The smallest absolute Gasteiger partial charge is 0.324 e. The van der Waals surface area contributed by atoms with Crippen LogP contribution in [0.25, 0.3) is 0 Å². The summed E-state index contributed by atoms with van der Waals surface area (Å²) in [6.45, 7) is 4.66. The molecule has 5 heteroatoms. The summed E-state index contributed by atoms with van der Waals surface area (Å²) in [6.07, 6.45) is 1.81. The lowest BCUT2D eigenvalue weighted by Gasteiger charge is -2.15. The first-order valence-corrected chi connectivity index (χ1v) is 5.96. The molecule has 0 fully saturated rings. The minimum Gasteiger partial charge on any atom is -0.468 e.